The van der Waals surface area contributed by atoms with Crippen molar-refractivity contribution in [3.63, 3.8) is 0 Å². The van der Waals surface area contributed by atoms with E-state index in [9.17, 15) is 0 Å². The molecule has 5 rings (SSSR count). The molecule has 0 saturated carbocycles. The van der Waals surface area contributed by atoms with Crippen LogP contribution in [-0.4, -0.2) is 54.3 Å². The van der Waals surface area contributed by atoms with Gasteiger partial charge in [-0.1, -0.05) is 60.8 Å². The molecular weight excluding hydrogens is 502 g/mol. The van der Waals surface area contributed by atoms with Gasteiger partial charge in [0.25, 0.3) is 0 Å². The second kappa shape index (κ2) is 12.4. The van der Waals surface area contributed by atoms with Crippen molar-refractivity contribution in [2.75, 3.05) is 59.3 Å². The van der Waals surface area contributed by atoms with Gasteiger partial charge in [0.15, 0.2) is 5.11 Å². The van der Waals surface area contributed by atoms with Gasteiger partial charge >= 0.3 is 0 Å². The maximum Gasteiger partial charge on any atom is 0.232 e. The molecule has 0 radical (unpaired) electrons. The van der Waals surface area contributed by atoms with E-state index in [1.807, 2.05) is 24.3 Å². The summed E-state index contributed by atoms with van der Waals surface area (Å²) >= 11 is 11.9. The van der Waals surface area contributed by atoms with Crippen LogP contribution in [0, 0.1) is 0 Å². The molecule has 2 aromatic carbocycles. The molecule has 3 heterocycles. The number of piperazine rings is 1. The number of rotatable bonds is 6. The predicted octanol–water partition coefficient (Wildman–Crippen LogP) is 5.32. The zero-order chi connectivity index (χ0) is 25.5. The molecule has 37 heavy (non-hydrogen) atoms. The highest BCUT2D eigenvalue weighted by Crippen LogP contribution is 2.26. The maximum atomic E-state index is 6.30. The minimum Gasteiger partial charge on any atom is -0.368 e. The average Bonchev–Trinajstić information content (AvgIpc) is 3.23. The first-order chi connectivity index (χ1) is 18.2. The van der Waals surface area contributed by atoms with E-state index in [4.69, 9.17) is 33.8 Å². The lowest BCUT2D eigenvalue weighted by Gasteiger charge is -2.37. The first kappa shape index (κ1) is 25.5. The molecule has 2 N–H and O–H groups in total. The Morgan fingerprint density at radius 2 is 1.35 bits per heavy atom. The van der Waals surface area contributed by atoms with Gasteiger partial charge in [-0.25, -0.2) is 0 Å². The summed E-state index contributed by atoms with van der Waals surface area (Å²) < 4.78 is 0. The van der Waals surface area contributed by atoms with E-state index in [-0.39, 0.29) is 0 Å². The van der Waals surface area contributed by atoms with Gasteiger partial charge in [0.05, 0.1) is 0 Å². The summed E-state index contributed by atoms with van der Waals surface area (Å²) in [5.41, 5.74) is 2.26. The Kier molecular flexibility index (Phi) is 8.58. The number of nitrogens with zero attached hydrogens (tertiary/aromatic N) is 5. The van der Waals surface area contributed by atoms with Crippen LogP contribution in [-0.2, 0) is 6.54 Å². The molecule has 0 spiro atoms. The number of nitrogens with one attached hydrogen (secondary N) is 2. The fourth-order valence-corrected chi connectivity index (χ4v) is 5.26. The van der Waals surface area contributed by atoms with E-state index in [1.165, 1.54) is 31.4 Å². The largest absolute Gasteiger partial charge is 0.368 e. The van der Waals surface area contributed by atoms with Crippen LogP contribution in [0.4, 0.5) is 23.3 Å². The van der Waals surface area contributed by atoms with E-state index in [0.717, 1.165) is 56.5 Å². The third-order valence-corrected chi connectivity index (χ3v) is 7.59. The summed E-state index contributed by atoms with van der Waals surface area (Å²) in [5, 5.41) is 7.67. The Morgan fingerprint density at radius 3 is 2.03 bits per heavy atom. The SMILES string of the molecule is S=C(NCc1ccccc1Cl)Nc1nc(N2CCCCCC2)cc(N2CCN(c3ccccc3)CC2)n1. The average molecular weight is 536 g/mol. The van der Waals surface area contributed by atoms with E-state index in [0.29, 0.717) is 22.6 Å². The van der Waals surface area contributed by atoms with Crippen LogP contribution in [0.15, 0.2) is 60.7 Å². The van der Waals surface area contributed by atoms with Gasteiger partial charge in [0.1, 0.15) is 11.6 Å². The van der Waals surface area contributed by atoms with Gasteiger partial charge < -0.3 is 25.3 Å². The predicted molar refractivity (Wildman–Crippen MR) is 158 cm³/mol. The highest BCUT2D eigenvalue weighted by atomic mass is 35.5. The van der Waals surface area contributed by atoms with Crippen molar-refractivity contribution in [3.8, 4) is 0 Å². The zero-order valence-electron chi connectivity index (χ0n) is 21.1. The summed E-state index contributed by atoms with van der Waals surface area (Å²) in [5.74, 6) is 2.44. The van der Waals surface area contributed by atoms with Crippen LogP contribution < -0.4 is 25.3 Å². The van der Waals surface area contributed by atoms with Crippen LogP contribution in [0.1, 0.15) is 31.2 Å². The minimum absolute atomic E-state index is 0.479. The molecule has 3 aromatic rings. The Hall–Kier alpha value is -3.10. The Labute approximate surface area is 229 Å². The number of para-hydroxylation sites is 1. The second-order valence-corrected chi connectivity index (χ2v) is 10.3. The lowest BCUT2D eigenvalue weighted by atomic mass is 10.2. The van der Waals surface area contributed by atoms with Crippen molar-refractivity contribution in [1.29, 1.82) is 0 Å². The van der Waals surface area contributed by atoms with Gasteiger partial charge in [-0.3, -0.25) is 0 Å². The van der Waals surface area contributed by atoms with Gasteiger partial charge in [-0.05, 0) is 48.8 Å². The Bertz CT molecular complexity index is 1180. The lowest BCUT2D eigenvalue weighted by Crippen LogP contribution is -2.47. The van der Waals surface area contributed by atoms with Crippen molar-refractivity contribution in [2.24, 2.45) is 0 Å². The number of benzene rings is 2. The zero-order valence-corrected chi connectivity index (χ0v) is 22.6. The summed E-state index contributed by atoms with van der Waals surface area (Å²) in [7, 11) is 0. The number of anilines is 4. The monoisotopic (exact) mass is 535 g/mol. The van der Waals surface area contributed by atoms with Gasteiger partial charge in [-0.15, -0.1) is 0 Å². The molecule has 0 unspecified atom stereocenters. The van der Waals surface area contributed by atoms with Gasteiger partial charge in [-0.2, -0.15) is 9.97 Å². The molecule has 0 aliphatic carbocycles. The maximum absolute atomic E-state index is 6.30. The van der Waals surface area contributed by atoms with Crippen LogP contribution in [0.25, 0.3) is 0 Å². The molecule has 2 fully saturated rings. The quantitative estimate of drug-likeness (QED) is 0.411. The third-order valence-electron chi connectivity index (χ3n) is 6.98. The molecule has 0 bridgehead atoms. The first-order valence-corrected chi connectivity index (χ1v) is 13.9. The van der Waals surface area contributed by atoms with Crippen LogP contribution >= 0.6 is 23.8 Å². The normalized spacial score (nSPS) is 16.3. The molecule has 2 aliphatic rings. The third kappa shape index (κ3) is 6.81. The van der Waals surface area contributed by atoms with Crippen molar-refractivity contribution in [1.82, 2.24) is 15.3 Å². The van der Waals surface area contributed by atoms with Gasteiger partial charge in [0, 0.05) is 62.6 Å². The van der Waals surface area contributed by atoms with Gasteiger partial charge in [0.2, 0.25) is 5.95 Å². The first-order valence-electron chi connectivity index (χ1n) is 13.1. The molecule has 2 saturated heterocycles. The molecular formula is C28H34ClN7S. The van der Waals surface area contributed by atoms with Crippen LogP contribution in [0.2, 0.25) is 5.02 Å². The van der Waals surface area contributed by atoms with Crippen LogP contribution in [0.3, 0.4) is 0 Å². The smallest absolute Gasteiger partial charge is 0.232 e. The standard InChI is InChI=1S/C28H34ClN7S/c29-24-13-7-6-10-22(24)21-30-28(37)33-27-31-25(35-14-8-1-2-9-15-35)20-26(32-27)36-18-16-34(17-19-36)23-11-4-3-5-12-23/h3-7,10-13,20H,1-2,8-9,14-19,21H2,(H2,30,31,32,33,37). The van der Waals surface area contributed by atoms with E-state index >= 15 is 0 Å². The fourth-order valence-electron chi connectivity index (χ4n) is 4.90. The highest BCUT2D eigenvalue weighted by Gasteiger charge is 2.21. The molecule has 194 valence electrons. The molecule has 7 nitrogen and oxygen atoms in total. The van der Waals surface area contributed by atoms with Crippen molar-refractivity contribution in [2.45, 2.75) is 32.2 Å². The molecule has 9 heteroatoms. The fraction of sp³-hybridized carbons (Fsp3) is 0.393. The van der Waals surface area contributed by atoms with Crippen LogP contribution in [0.5, 0.6) is 0 Å². The summed E-state index contributed by atoms with van der Waals surface area (Å²) in [4.78, 5) is 17.0. The molecule has 1 aromatic heterocycles. The van der Waals surface area contributed by atoms with Crippen molar-refractivity contribution >= 4 is 52.2 Å². The summed E-state index contributed by atoms with van der Waals surface area (Å²) in [6.07, 6.45) is 4.93. The van der Waals surface area contributed by atoms with E-state index in [2.05, 4.69) is 61.7 Å². The topological polar surface area (TPSA) is 59.6 Å². The molecule has 0 amide bonds. The highest BCUT2D eigenvalue weighted by molar-refractivity contribution is 7.80. The summed E-state index contributed by atoms with van der Waals surface area (Å²) in [6, 6.07) is 20.5. The number of hydrogen-bond acceptors (Lipinski definition) is 6. The van der Waals surface area contributed by atoms with E-state index in [1.54, 1.807) is 0 Å². The number of halogens is 1. The minimum atomic E-state index is 0.479. The lowest BCUT2D eigenvalue weighted by molar-refractivity contribution is 0.646. The Balaban J connectivity index is 1.31. The molecule has 0 atom stereocenters. The number of thiocarbonyl (C=S) groups is 1. The van der Waals surface area contributed by atoms with Crippen molar-refractivity contribution in [3.05, 3.63) is 71.2 Å². The van der Waals surface area contributed by atoms with Crippen molar-refractivity contribution < 1.29 is 0 Å². The van der Waals surface area contributed by atoms with E-state index < -0.39 is 0 Å². The molecule has 2 aliphatic heterocycles. The summed E-state index contributed by atoms with van der Waals surface area (Å²) in [6.45, 7) is 6.28. The number of hydrogen-bond donors (Lipinski definition) is 2. The number of aromatic nitrogens is 2. The second-order valence-electron chi connectivity index (χ2n) is 9.52. The Morgan fingerprint density at radius 1 is 0.757 bits per heavy atom.